The summed E-state index contributed by atoms with van der Waals surface area (Å²) in [5, 5.41) is 7.84. The van der Waals surface area contributed by atoms with E-state index < -0.39 is 11.8 Å². The van der Waals surface area contributed by atoms with Crippen LogP contribution in [-0.2, 0) is 4.79 Å². The van der Waals surface area contributed by atoms with Gasteiger partial charge >= 0.3 is 0 Å². The minimum atomic E-state index is -0.418. The molecule has 0 fully saturated rings. The summed E-state index contributed by atoms with van der Waals surface area (Å²) < 4.78 is 10.7. The summed E-state index contributed by atoms with van der Waals surface area (Å²) >= 11 is 7.51. The maximum Gasteiger partial charge on any atom is 0.267 e. The topological polar surface area (TPSA) is 76.7 Å². The first kappa shape index (κ1) is 22.4. The fourth-order valence-electron chi connectivity index (χ4n) is 2.59. The molecule has 0 atom stereocenters. The van der Waals surface area contributed by atoms with E-state index in [1.165, 1.54) is 11.3 Å². The first-order valence-electron chi connectivity index (χ1n) is 9.43. The summed E-state index contributed by atoms with van der Waals surface area (Å²) in [6.07, 6.45) is 1.64. The maximum absolute atomic E-state index is 12.7. The molecule has 0 aliphatic heterocycles. The van der Waals surface area contributed by atoms with Crippen molar-refractivity contribution in [3.05, 3.63) is 87.2 Å². The lowest BCUT2D eigenvalue weighted by atomic mass is 10.2. The Morgan fingerprint density at radius 2 is 1.84 bits per heavy atom. The molecule has 0 saturated heterocycles. The average Bonchev–Trinajstić information content (AvgIpc) is 3.30. The van der Waals surface area contributed by atoms with Crippen molar-refractivity contribution in [2.45, 2.75) is 0 Å². The van der Waals surface area contributed by atoms with Gasteiger partial charge in [-0.2, -0.15) is 0 Å². The molecular weight excluding hydrogens is 436 g/mol. The lowest BCUT2D eigenvalue weighted by Crippen LogP contribution is -2.36. The van der Waals surface area contributed by atoms with E-state index in [9.17, 15) is 9.59 Å². The molecule has 2 amide bonds. The smallest absolute Gasteiger partial charge is 0.267 e. The van der Waals surface area contributed by atoms with Gasteiger partial charge in [0.25, 0.3) is 11.8 Å². The highest BCUT2D eigenvalue weighted by Crippen LogP contribution is 2.22. The summed E-state index contributed by atoms with van der Waals surface area (Å²) in [6, 6.07) is 17.5. The van der Waals surface area contributed by atoms with Crippen LogP contribution in [0.2, 0.25) is 5.02 Å². The first-order chi connectivity index (χ1) is 15.1. The Kier molecular flexibility index (Phi) is 8.09. The zero-order valence-electron chi connectivity index (χ0n) is 16.8. The van der Waals surface area contributed by atoms with Crippen LogP contribution in [0.25, 0.3) is 6.08 Å². The highest BCUT2D eigenvalue weighted by molar-refractivity contribution is 7.10. The predicted molar refractivity (Wildman–Crippen MR) is 123 cm³/mol. The van der Waals surface area contributed by atoms with Gasteiger partial charge in [0, 0.05) is 10.4 Å². The number of rotatable bonds is 9. The number of para-hydroxylation sites is 1. The Morgan fingerprint density at radius 1 is 1.06 bits per heavy atom. The van der Waals surface area contributed by atoms with E-state index in [1.54, 1.807) is 49.6 Å². The van der Waals surface area contributed by atoms with Gasteiger partial charge in [-0.3, -0.25) is 9.59 Å². The standard InChI is InChI=1S/C23H21ClN2O4S/c1-29-17-10-8-16(9-11-17)22(27)26-20(15-18-5-4-14-31-18)23(28)25-12-13-30-21-7-3-2-6-19(21)24/h2-11,14-15H,12-13H2,1H3,(H,25,28)(H,26,27)/b20-15-. The summed E-state index contributed by atoms with van der Waals surface area (Å²) in [7, 11) is 1.55. The molecule has 0 saturated carbocycles. The molecule has 2 aromatic carbocycles. The molecule has 3 rings (SSSR count). The molecular formula is C23H21ClN2O4S. The number of hydrogen-bond acceptors (Lipinski definition) is 5. The number of carbonyl (C=O) groups is 2. The zero-order valence-corrected chi connectivity index (χ0v) is 18.3. The van der Waals surface area contributed by atoms with Crippen LogP contribution in [0, 0.1) is 0 Å². The Labute approximate surface area is 189 Å². The van der Waals surface area contributed by atoms with Crippen LogP contribution < -0.4 is 20.1 Å². The number of ether oxygens (including phenoxy) is 2. The number of benzene rings is 2. The number of amides is 2. The second kappa shape index (κ2) is 11.2. The van der Waals surface area contributed by atoms with Crippen molar-refractivity contribution < 1.29 is 19.1 Å². The van der Waals surface area contributed by atoms with Crippen molar-refractivity contribution in [2.24, 2.45) is 0 Å². The van der Waals surface area contributed by atoms with E-state index in [4.69, 9.17) is 21.1 Å². The molecule has 2 N–H and O–H groups in total. The maximum atomic E-state index is 12.7. The molecule has 1 aromatic heterocycles. The third-order valence-corrected chi connectivity index (χ3v) is 5.29. The summed E-state index contributed by atoms with van der Waals surface area (Å²) in [6.45, 7) is 0.471. The van der Waals surface area contributed by atoms with E-state index in [-0.39, 0.29) is 18.8 Å². The van der Waals surface area contributed by atoms with Crippen molar-refractivity contribution in [3.63, 3.8) is 0 Å². The number of hydrogen-bond donors (Lipinski definition) is 2. The third kappa shape index (κ3) is 6.60. The van der Waals surface area contributed by atoms with Crippen LogP contribution >= 0.6 is 22.9 Å². The van der Waals surface area contributed by atoms with Crippen LogP contribution in [0.1, 0.15) is 15.2 Å². The largest absolute Gasteiger partial charge is 0.497 e. The molecule has 0 spiro atoms. The third-order valence-electron chi connectivity index (χ3n) is 4.16. The molecule has 0 aliphatic rings. The van der Waals surface area contributed by atoms with Crippen LogP contribution in [0.15, 0.2) is 71.7 Å². The summed E-state index contributed by atoms with van der Waals surface area (Å²) in [5.41, 5.74) is 0.550. The Hall–Kier alpha value is -3.29. The lowest BCUT2D eigenvalue weighted by molar-refractivity contribution is -0.117. The van der Waals surface area contributed by atoms with E-state index >= 15 is 0 Å². The van der Waals surface area contributed by atoms with Crippen molar-refractivity contribution in [1.82, 2.24) is 10.6 Å². The molecule has 0 unspecified atom stereocenters. The molecule has 0 bridgehead atoms. The van der Waals surface area contributed by atoms with Crippen molar-refractivity contribution in [2.75, 3.05) is 20.3 Å². The number of carbonyl (C=O) groups excluding carboxylic acids is 2. The van der Waals surface area contributed by atoms with Crippen molar-refractivity contribution in [3.8, 4) is 11.5 Å². The fraction of sp³-hybridized carbons (Fsp3) is 0.130. The van der Waals surface area contributed by atoms with E-state index in [0.717, 1.165) is 4.88 Å². The second-order valence-electron chi connectivity index (χ2n) is 6.29. The number of nitrogens with one attached hydrogen (secondary N) is 2. The fourth-order valence-corrected chi connectivity index (χ4v) is 3.44. The monoisotopic (exact) mass is 456 g/mol. The van der Waals surface area contributed by atoms with Crippen LogP contribution in [0.5, 0.6) is 11.5 Å². The van der Waals surface area contributed by atoms with Gasteiger partial charge in [-0.25, -0.2) is 0 Å². The number of thiophene rings is 1. The average molecular weight is 457 g/mol. The quantitative estimate of drug-likeness (QED) is 0.370. The van der Waals surface area contributed by atoms with Gasteiger partial charge in [-0.15, -0.1) is 11.3 Å². The lowest BCUT2D eigenvalue weighted by Gasteiger charge is -2.12. The van der Waals surface area contributed by atoms with Gasteiger partial charge in [-0.05, 0) is 53.9 Å². The minimum absolute atomic E-state index is 0.140. The molecule has 0 aliphatic carbocycles. The molecule has 8 heteroatoms. The minimum Gasteiger partial charge on any atom is -0.497 e. The van der Waals surface area contributed by atoms with Gasteiger partial charge in [-0.1, -0.05) is 29.8 Å². The SMILES string of the molecule is COc1ccc(C(=O)N/C(=C\c2cccs2)C(=O)NCCOc2ccccc2Cl)cc1. The Balaban J connectivity index is 1.63. The van der Waals surface area contributed by atoms with Gasteiger partial charge in [0.05, 0.1) is 18.7 Å². The zero-order chi connectivity index (χ0) is 22.1. The van der Waals surface area contributed by atoms with Gasteiger partial charge in [0.1, 0.15) is 23.8 Å². The molecule has 1 heterocycles. The van der Waals surface area contributed by atoms with Gasteiger partial charge in [0.15, 0.2) is 0 Å². The number of halogens is 1. The number of methoxy groups -OCH3 is 1. The highest BCUT2D eigenvalue weighted by atomic mass is 35.5. The second-order valence-corrected chi connectivity index (χ2v) is 7.68. The van der Waals surface area contributed by atoms with Crippen LogP contribution in [0.3, 0.4) is 0 Å². The normalized spacial score (nSPS) is 11.0. The summed E-state index contributed by atoms with van der Waals surface area (Å²) in [5.74, 6) is 0.369. The molecule has 160 valence electrons. The predicted octanol–water partition coefficient (Wildman–Crippen LogP) is 4.38. The van der Waals surface area contributed by atoms with E-state index in [0.29, 0.717) is 22.1 Å². The highest BCUT2D eigenvalue weighted by Gasteiger charge is 2.15. The van der Waals surface area contributed by atoms with Crippen molar-refractivity contribution >= 4 is 40.8 Å². The van der Waals surface area contributed by atoms with Gasteiger partial charge < -0.3 is 20.1 Å². The van der Waals surface area contributed by atoms with E-state index in [1.807, 2.05) is 29.6 Å². The first-order valence-corrected chi connectivity index (χ1v) is 10.7. The van der Waals surface area contributed by atoms with E-state index in [2.05, 4.69) is 10.6 Å². The molecule has 31 heavy (non-hydrogen) atoms. The van der Waals surface area contributed by atoms with Crippen LogP contribution in [0.4, 0.5) is 0 Å². The molecule has 0 radical (unpaired) electrons. The summed E-state index contributed by atoms with van der Waals surface area (Å²) in [4.78, 5) is 26.2. The van der Waals surface area contributed by atoms with Crippen LogP contribution in [-0.4, -0.2) is 32.1 Å². The van der Waals surface area contributed by atoms with Crippen molar-refractivity contribution in [1.29, 1.82) is 0 Å². The molecule has 6 nitrogen and oxygen atoms in total. The Morgan fingerprint density at radius 3 is 2.52 bits per heavy atom. The van der Waals surface area contributed by atoms with Gasteiger partial charge in [0.2, 0.25) is 0 Å². The Bertz CT molecular complexity index is 1050. The molecule has 3 aromatic rings.